The second-order valence-electron chi connectivity index (χ2n) is 1.47. The molecule has 9 heavy (non-hydrogen) atoms. The van der Waals surface area contributed by atoms with Crippen molar-refractivity contribution in [2.45, 2.75) is 6.42 Å². The Hall–Kier alpha value is -1.10. The molecule has 0 fully saturated rings. The van der Waals surface area contributed by atoms with E-state index in [4.69, 9.17) is 17.2 Å². The predicted octanol–water partition coefficient (Wildman–Crippen LogP) is -1.86. The minimum Gasteiger partial charge on any atom is -0.370 e. The second kappa shape index (κ2) is 3.85. The van der Waals surface area contributed by atoms with Gasteiger partial charge >= 0.3 is 0 Å². The molecule has 0 rings (SSSR count). The van der Waals surface area contributed by atoms with E-state index in [9.17, 15) is 4.79 Å². The Bertz CT molecular complexity index is 127. The van der Waals surface area contributed by atoms with Crippen LogP contribution in [0.25, 0.3) is 0 Å². The molecule has 0 saturated carbocycles. The Labute approximate surface area is 52.9 Å². The van der Waals surface area contributed by atoms with Crippen molar-refractivity contribution >= 4 is 11.9 Å². The molecule has 0 saturated heterocycles. The maximum absolute atomic E-state index is 10.4. The van der Waals surface area contributed by atoms with Gasteiger partial charge in [-0.1, -0.05) is 0 Å². The number of amides is 1. The quantitative estimate of drug-likeness (QED) is 0.301. The molecule has 5 nitrogen and oxygen atoms in total. The summed E-state index contributed by atoms with van der Waals surface area (Å²) in [6.07, 6.45) is 0.192. The molecule has 0 aromatic heterocycles. The van der Waals surface area contributed by atoms with Crippen molar-refractivity contribution in [3.8, 4) is 0 Å². The normalized spacial score (nSPS) is 8.56. The molecule has 0 heterocycles. The van der Waals surface area contributed by atoms with Gasteiger partial charge in [-0.15, -0.1) is 0 Å². The van der Waals surface area contributed by atoms with Crippen LogP contribution >= 0.6 is 0 Å². The van der Waals surface area contributed by atoms with E-state index in [1.54, 1.807) is 0 Å². The monoisotopic (exact) mass is 130 g/mol. The van der Waals surface area contributed by atoms with E-state index in [1.165, 1.54) is 0 Å². The third-order valence-corrected chi connectivity index (χ3v) is 0.612. The Balaban J connectivity index is 3.63. The molecule has 0 atom stereocenters. The lowest BCUT2D eigenvalue weighted by molar-refractivity contribution is -0.117. The van der Waals surface area contributed by atoms with E-state index in [0.29, 0.717) is 0 Å². The minimum absolute atomic E-state index is 0.192. The molecule has 0 spiro atoms. The number of hydrogen-bond acceptors (Lipinski definition) is 2. The summed E-state index contributed by atoms with van der Waals surface area (Å²) in [4.78, 5) is 13.6. The van der Waals surface area contributed by atoms with E-state index in [-0.39, 0.29) is 24.8 Å². The van der Waals surface area contributed by atoms with Crippen molar-refractivity contribution in [3.63, 3.8) is 0 Å². The Morgan fingerprint density at radius 1 is 1.44 bits per heavy atom. The fraction of sp³-hybridized carbons (Fsp3) is 0.500. The fourth-order valence-corrected chi connectivity index (χ4v) is 0.323. The summed E-state index contributed by atoms with van der Waals surface area (Å²) in [5.41, 5.74) is 14.8. The summed E-state index contributed by atoms with van der Waals surface area (Å²) in [6, 6.07) is 0. The summed E-state index contributed by atoms with van der Waals surface area (Å²) in [5.74, 6) is -0.592. The molecule has 5 heteroatoms. The average molecular weight is 130 g/mol. The Morgan fingerprint density at radius 3 is 2.33 bits per heavy atom. The van der Waals surface area contributed by atoms with E-state index in [1.807, 2.05) is 0 Å². The first-order valence-electron chi connectivity index (χ1n) is 2.49. The zero-order chi connectivity index (χ0) is 7.28. The van der Waals surface area contributed by atoms with Gasteiger partial charge in [-0.2, -0.15) is 4.99 Å². The summed E-state index contributed by atoms with van der Waals surface area (Å²) < 4.78 is 0. The van der Waals surface area contributed by atoms with Gasteiger partial charge in [-0.05, 0) is 0 Å². The average Bonchev–Trinajstić information content (AvgIpc) is 1.63. The molecule has 0 aliphatic carbocycles. The first-order chi connectivity index (χ1) is 4.16. The SMILES string of the molecule is NCCC(=O)N=C(N)N. The van der Waals surface area contributed by atoms with Crippen LogP contribution in [-0.4, -0.2) is 18.4 Å². The van der Waals surface area contributed by atoms with Crippen LogP contribution in [-0.2, 0) is 4.79 Å². The molecule has 0 radical (unpaired) electrons. The summed E-state index contributed by atoms with van der Waals surface area (Å²) >= 11 is 0. The molecule has 0 aromatic rings. The number of rotatable bonds is 2. The molecule has 52 valence electrons. The van der Waals surface area contributed by atoms with E-state index >= 15 is 0 Å². The highest BCUT2D eigenvalue weighted by Gasteiger charge is 1.94. The van der Waals surface area contributed by atoms with Crippen molar-refractivity contribution in [2.24, 2.45) is 22.2 Å². The molecule has 0 bridgehead atoms. The summed E-state index contributed by atoms with van der Waals surface area (Å²) in [5, 5.41) is 0. The first kappa shape index (κ1) is 7.90. The van der Waals surface area contributed by atoms with Gasteiger partial charge in [0, 0.05) is 13.0 Å². The lowest BCUT2D eigenvalue weighted by Crippen LogP contribution is -2.24. The van der Waals surface area contributed by atoms with Crippen LogP contribution in [0.4, 0.5) is 0 Å². The van der Waals surface area contributed by atoms with E-state index < -0.39 is 0 Å². The van der Waals surface area contributed by atoms with E-state index in [2.05, 4.69) is 4.99 Å². The number of aliphatic imine (C=N–C) groups is 1. The highest BCUT2D eigenvalue weighted by Crippen LogP contribution is 1.78. The van der Waals surface area contributed by atoms with Crippen molar-refractivity contribution < 1.29 is 4.79 Å². The van der Waals surface area contributed by atoms with Crippen molar-refractivity contribution in [3.05, 3.63) is 0 Å². The molecular formula is C4H10N4O. The summed E-state index contributed by atoms with van der Waals surface area (Å²) in [7, 11) is 0. The standard InChI is InChI=1S/C4H10N4O/c5-2-1-3(9)8-4(6)7/h1-2,5H2,(H4,6,7,8,9). The molecule has 1 amide bonds. The van der Waals surface area contributed by atoms with Crippen molar-refractivity contribution in [2.75, 3.05) is 6.54 Å². The number of hydrogen-bond donors (Lipinski definition) is 3. The zero-order valence-electron chi connectivity index (χ0n) is 5.00. The number of nitrogens with two attached hydrogens (primary N) is 3. The van der Waals surface area contributed by atoms with E-state index in [0.717, 1.165) is 0 Å². The first-order valence-corrected chi connectivity index (χ1v) is 2.49. The van der Waals surface area contributed by atoms with Crippen LogP contribution in [0.1, 0.15) is 6.42 Å². The fourth-order valence-electron chi connectivity index (χ4n) is 0.323. The highest BCUT2D eigenvalue weighted by molar-refractivity contribution is 5.91. The molecule has 0 aromatic carbocycles. The zero-order valence-corrected chi connectivity index (χ0v) is 5.00. The van der Waals surface area contributed by atoms with Gasteiger partial charge < -0.3 is 17.2 Å². The largest absolute Gasteiger partial charge is 0.370 e. The third kappa shape index (κ3) is 4.76. The summed E-state index contributed by atoms with van der Waals surface area (Å²) in [6.45, 7) is 0.273. The molecule has 0 aliphatic rings. The van der Waals surface area contributed by atoms with Crippen LogP contribution in [0, 0.1) is 0 Å². The van der Waals surface area contributed by atoms with Gasteiger partial charge in [0.2, 0.25) is 5.91 Å². The van der Waals surface area contributed by atoms with Crippen LogP contribution in [0.3, 0.4) is 0 Å². The van der Waals surface area contributed by atoms with Crippen molar-refractivity contribution in [1.29, 1.82) is 0 Å². The molecule has 6 N–H and O–H groups in total. The third-order valence-electron chi connectivity index (χ3n) is 0.612. The second-order valence-corrected chi connectivity index (χ2v) is 1.47. The number of carbonyl (C=O) groups is 1. The maximum atomic E-state index is 10.4. The number of guanidine groups is 1. The van der Waals surface area contributed by atoms with Gasteiger partial charge in [0.05, 0.1) is 0 Å². The van der Waals surface area contributed by atoms with Crippen LogP contribution in [0.5, 0.6) is 0 Å². The smallest absolute Gasteiger partial charge is 0.250 e. The van der Waals surface area contributed by atoms with Crippen LogP contribution < -0.4 is 17.2 Å². The van der Waals surface area contributed by atoms with Gasteiger partial charge in [0.15, 0.2) is 5.96 Å². The minimum atomic E-state index is -0.377. The highest BCUT2D eigenvalue weighted by atomic mass is 16.1. The molecule has 0 unspecified atom stereocenters. The number of carbonyl (C=O) groups excluding carboxylic acids is 1. The van der Waals surface area contributed by atoms with Crippen LogP contribution in [0.15, 0.2) is 4.99 Å². The lowest BCUT2D eigenvalue weighted by Gasteiger charge is -1.89. The topological polar surface area (TPSA) is 107 Å². The number of nitrogens with zero attached hydrogens (tertiary/aromatic N) is 1. The Morgan fingerprint density at radius 2 is 2.00 bits per heavy atom. The lowest BCUT2D eigenvalue weighted by atomic mass is 10.4. The molecule has 0 aliphatic heterocycles. The predicted molar refractivity (Wildman–Crippen MR) is 34.5 cm³/mol. The van der Waals surface area contributed by atoms with Gasteiger partial charge in [0.25, 0.3) is 0 Å². The maximum Gasteiger partial charge on any atom is 0.250 e. The van der Waals surface area contributed by atoms with Crippen molar-refractivity contribution in [1.82, 2.24) is 0 Å². The van der Waals surface area contributed by atoms with Crippen LogP contribution in [0.2, 0.25) is 0 Å². The van der Waals surface area contributed by atoms with Gasteiger partial charge in [-0.25, -0.2) is 0 Å². The Kier molecular flexibility index (Phi) is 3.38. The molecular weight excluding hydrogens is 120 g/mol. The van der Waals surface area contributed by atoms with Gasteiger partial charge in [0.1, 0.15) is 0 Å². The van der Waals surface area contributed by atoms with Gasteiger partial charge in [-0.3, -0.25) is 4.79 Å².